The van der Waals surface area contributed by atoms with E-state index in [1.165, 1.54) is 26.5 Å². The Hall–Kier alpha value is -1.82. The first-order valence-corrected chi connectivity index (χ1v) is 10.4. The molecule has 0 radical (unpaired) electrons. The third-order valence-electron chi connectivity index (χ3n) is 3.98. The number of amides is 1. The zero-order valence-electron chi connectivity index (χ0n) is 13.6. The average molecular weight is 385 g/mol. The third-order valence-corrected chi connectivity index (χ3v) is 6.26. The lowest BCUT2D eigenvalue weighted by Gasteiger charge is -2.32. The molecule has 0 saturated carbocycles. The van der Waals surface area contributed by atoms with Gasteiger partial charge in [-0.25, -0.2) is 13.1 Å². The third kappa shape index (κ3) is 4.24. The molecule has 1 aliphatic heterocycles. The average Bonchev–Trinajstić information content (AvgIpc) is 3.25. The number of thiophene rings is 1. The fourth-order valence-corrected chi connectivity index (χ4v) is 4.15. The van der Waals surface area contributed by atoms with E-state index in [0.29, 0.717) is 13.1 Å². The summed E-state index contributed by atoms with van der Waals surface area (Å²) in [6.07, 6.45) is 1.96. The van der Waals surface area contributed by atoms with Crippen LogP contribution in [0.3, 0.4) is 0 Å². The van der Waals surface area contributed by atoms with E-state index in [1.54, 1.807) is 4.90 Å². The van der Waals surface area contributed by atoms with Crippen molar-refractivity contribution in [3.8, 4) is 0 Å². The van der Waals surface area contributed by atoms with E-state index in [-0.39, 0.29) is 31.2 Å². The van der Waals surface area contributed by atoms with Gasteiger partial charge in [-0.1, -0.05) is 11.3 Å². The zero-order valence-corrected chi connectivity index (χ0v) is 15.3. The Labute approximate surface area is 149 Å². The monoisotopic (exact) mass is 385 g/mol. The van der Waals surface area contributed by atoms with Crippen molar-refractivity contribution in [1.82, 2.24) is 24.2 Å². The van der Waals surface area contributed by atoms with E-state index in [0.717, 1.165) is 11.1 Å². The first-order valence-electron chi connectivity index (χ1n) is 7.70. The van der Waals surface area contributed by atoms with Crippen LogP contribution in [0.5, 0.6) is 0 Å². The van der Waals surface area contributed by atoms with Gasteiger partial charge in [-0.2, -0.15) is 4.31 Å². The Balaban J connectivity index is 1.60. The van der Waals surface area contributed by atoms with Crippen LogP contribution < -0.4 is 0 Å². The smallest absolute Gasteiger partial charge is 0.276 e. The standard InChI is InChI=1S/C14H19N5O4S2/c1-25(22,23)19-6-4-17(5-7-19)14(21)11-9-18(16-15-11)10-12(20)13-3-2-8-24-13/h2-3,8-9,12,20H,4-7,10H2,1H3/t12-/m0/s1. The Morgan fingerprint density at radius 1 is 1.36 bits per heavy atom. The molecule has 11 heteroatoms. The van der Waals surface area contributed by atoms with Crippen LogP contribution in [0.4, 0.5) is 0 Å². The van der Waals surface area contributed by atoms with Gasteiger partial charge in [-0.05, 0) is 11.4 Å². The van der Waals surface area contributed by atoms with Gasteiger partial charge in [0, 0.05) is 31.1 Å². The van der Waals surface area contributed by atoms with Gasteiger partial charge in [-0.3, -0.25) is 4.79 Å². The number of carbonyl (C=O) groups excluding carboxylic acids is 1. The summed E-state index contributed by atoms with van der Waals surface area (Å²) in [6.45, 7) is 1.39. The van der Waals surface area contributed by atoms with Gasteiger partial charge in [0.2, 0.25) is 10.0 Å². The molecule has 1 amide bonds. The molecular weight excluding hydrogens is 366 g/mol. The molecule has 136 valence electrons. The van der Waals surface area contributed by atoms with Crippen LogP contribution >= 0.6 is 11.3 Å². The molecule has 1 fully saturated rings. The molecule has 0 bridgehead atoms. The van der Waals surface area contributed by atoms with Crippen LogP contribution in [-0.4, -0.2) is 76.1 Å². The van der Waals surface area contributed by atoms with E-state index in [1.807, 2.05) is 17.5 Å². The number of sulfonamides is 1. The lowest BCUT2D eigenvalue weighted by atomic mass is 10.3. The molecule has 1 N–H and O–H groups in total. The van der Waals surface area contributed by atoms with E-state index in [4.69, 9.17) is 0 Å². The molecule has 2 aromatic heterocycles. The number of aliphatic hydroxyl groups excluding tert-OH is 1. The lowest BCUT2D eigenvalue weighted by Crippen LogP contribution is -2.50. The highest BCUT2D eigenvalue weighted by atomic mass is 32.2. The minimum atomic E-state index is -3.23. The van der Waals surface area contributed by atoms with Crippen LogP contribution in [0, 0.1) is 0 Å². The lowest BCUT2D eigenvalue weighted by molar-refractivity contribution is 0.0692. The number of rotatable bonds is 5. The quantitative estimate of drug-likeness (QED) is 0.763. The van der Waals surface area contributed by atoms with Crippen molar-refractivity contribution in [3.63, 3.8) is 0 Å². The highest BCUT2D eigenvalue weighted by molar-refractivity contribution is 7.88. The van der Waals surface area contributed by atoms with Gasteiger partial charge in [-0.15, -0.1) is 16.4 Å². The summed E-state index contributed by atoms with van der Waals surface area (Å²) in [6, 6.07) is 3.69. The second kappa shape index (κ2) is 7.20. The minimum Gasteiger partial charge on any atom is -0.386 e. The highest BCUT2D eigenvalue weighted by Crippen LogP contribution is 2.20. The molecule has 2 aromatic rings. The Bertz CT molecular complexity index is 825. The Morgan fingerprint density at radius 3 is 2.68 bits per heavy atom. The molecule has 0 unspecified atom stereocenters. The first-order chi connectivity index (χ1) is 11.8. The summed E-state index contributed by atoms with van der Waals surface area (Å²) < 4.78 is 25.8. The van der Waals surface area contributed by atoms with Crippen LogP contribution in [-0.2, 0) is 16.6 Å². The molecule has 1 atom stereocenters. The van der Waals surface area contributed by atoms with Gasteiger partial charge in [0.05, 0.1) is 19.0 Å². The summed E-state index contributed by atoms with van der Waals surface area (Å²) in [5, 5.41) is 19.8. The van der Waals surface area contributed by atoms with Gasteiger partial charge in [0.25, 0.3) is 5.91 Å². The second-order valence-electron chi connectivity index (χ2n) is 5.81. The summed E-state index contributed by atoms with van der Waals surface area (Å²) in [4.78, 5) is 14.8. The number of hydrogen-bond acceptors (Lipinski definition) is 7. The Kier molecular flexibility index (Phi) is 5.18. The maximum Gasteiger partial charge on any atom is 0.276 e. The molecule has 9 nitrogen and oxygen atoms in total. The van der Waals surface area contributed by atoms with E-state index < -0.39 is 16.1 Å². The number of piperazine rings is 1. The fourth-order valence-electron chi connectivity index (χ4n) is 2.62. The molecule has 0 aliphatic carbocycles. The Morgan fingerprint density at radius 2 is 2.08 bits per heavy atom. The van der Waals surface area contributed by atoms with E-state index >= 15 is 0 Å². The number of hydrogen-bond donors (Lipinski definition) is 1. The molecule has 1 saturated heterocycles. The maximum atomic E-state index is 12.5. The van der Waals surface area contributed by atoms with Crippen molar-refractivity contribution in [2.75, 3.05) is 32.4 Å². The van der Waals surface area contributed by atoms with Gasteiger partial charge < -0.3 is 10.0 Å². The van der Waals surface area contributed by atoms with Gasteiger partial charge in [0.1, 0.15) is 6.10 Å². The molecular formula is C14H19N5O4S2. The van der Waals surface area contributed by atoms with Crippen LogP contribution in [0.2, 0.25) is 0 Å². The molecule has 1 aliphatic rings. The SMILES string of the molecule is CS(=O)(=O)N1CCN(C(=O)c2cn(C[C@H](O)c3cccs3)nn2)CC1. The van der Waals surface area contributed by atoms with Crippen molar-refractivity contribution in [2.45, 2.75) is 12.6 Å². The van der Waals surface area contributed by atoms with Gasteiger partial charge in [0.15, 0.2) is 5.69 Å². The summed E-state index contributed by atoms with van der Waals surface area (Å²) in [7, 11) is -3.23. The summed E-state index contributed by atoms with van der Waals surface area (Å²) in [5.41, 5.74) is 0.186. The van der Waals surface area contributed by atoms with Crippen LogP contribution in [0.25, 0.3) is 0 Å². The fraction of sp³-hybridized carbons (Fsp3) is 0.500. The van der Waals surface area contributed by atoms with Gasteiger partial charge >= 0.3 is 0 Å². The van der Waals surface area contributed by atoms with Crippen LogP contribution in [0.1, 0.15) is 21.5 Å². The van der Waals surface area contributed by atoms with Crippen molar-refractivity contribution < 1.29 is 18.3 Å². The molecule has 3 heterocycles. The van der Waals surface area contributed by atoms with Crippen molar-refractivity contribution in [3.05, 3.63) is 34.3 Å². The molecule has 25 heavy (non-hydrogen) atoms. The number of aliphatic hydroxyl groups is 1. The normalized spacial score (nSPS) is 17.6. The van der Waals surface area contributed by atoms with Crippen molar-refractivity contribution >= 4 is 27.3 Å². The second-order valence-corrected chi connectivity index (χ2v) is 8.77. The number of aromatic nitrogens is 3. The topological polar surface area (TPSA) is 109 Å². The number of nitrogens with zero attached hydrogens (tertiary/aromatic N) is 5. The summed E-state index contributed by atoms with van der Waals surface area (Å²) >= 11 is 1.45. The summed E-state index contributed by atoms with van der Waals surface area (Å²) in [5.74, 6) is -0.287. The largest absolute Gasteiger partial charge is 0.386 e. The predicted octanol–water partition coefficient (Wildman–Crippen LogP) is -0.209. The molecule has 0 aromatic carbocycles. The van der Waals surface area contributed by atoms with Crippen molar-refractivity contribution in [1.29, 1.82) is 0 Å². The zero-order chi connectivity index (χ0) is 18.0. The number of carbonyl (C=O) groups is 1. The highest BCUT2D eigenvalue weighted by Gasteiger charge is 2.28. The van der Waals surface area contributed by atoms with E-state index in [9.17, 15) is 18.3 Å². The van der Waals surface area contributed by atoms with Crippen molar-refractivity contribution in [2.24, 2.45) is 0 Å². The molecule has 0 spiro atoms. The van der Waals surface area contributed by atoms with E-state index in [2.05, 4.69) is 10.3 Å². The maximum absolute atomic E-state index is 12.5. The molecule has 3 rings (SSSR count). The van der Waals surface area contributed by atoms with Crippen LogP contribution in [0.15, 0.2) is 23.7 Å². The predicted molar refractivity (Wildman–Crippen MR) is 91.6 cm³/mol. The first kappa shape index (κ1) is 18.0. The minimum absolute atomic E-state index is 0.186.